The van der Waals surface area contributed by atoms with E-state index in [-0.39, 0.29) is 17.4 Å². The maximum absolute atomic E-state index is 11.0. The standard InChI is InChI=1S/C17H17N3O3/c21-15-12(5-17(15)7-19(8-17)16(22)23)14-11-4-2-1-3-10(11)13-6-18-9-20(13)14/h1-4,6,9,12,14-15,21H,5,7-8H2,(H,22,23)/t12-,14+,15+/m0/s1. The molecule has 3 atom stereocenters. The number of likely N-dealkylation sites (tertiary alicyclic amines) is 1. The predicted octanol–water partition coefficient (Wildman–Crippen LogP) is 1.81. The summed E-state index contributed by atoms with van der Waals surface area (Å²) >= 11 is 0. The van der Waals surface area contributed by atoms with E-state index in [0.717, 1.165) is 12.1 Å². The van der Waals surface area contributed by atoms with E-state index in [9.17, 15) is 9.90 Å². The van der Waals surface area contributed by atoms with Crippen LogP contribution in [-0.2, 0) is 0 Å². The first kappa shape index (κ1) is 13.1. The number of carboxylic acid groups (broad SMARTS) is 1. The summed E-state index contributed by atoms with van der Waals surface area (Å²) in [6, 6.07) is 8.37. The van der Waals surface area contributed by atoms with Gasteiger partial charge in [0.25, 0.3) is 0 Å². The minimum atomic E-state index is -0.894. The Morgan fingerprint density at radius 2 is 2.09 bits per heavy atom. The molecule has 1 aromatic carbocycles. The van der Waals surface area contributed by atoms with Crippen molar-refractivity contribution in [3.63, 3.8) is 0 Å². The van der Waals surface area contributed by atoms with Crippen LogP contribution in [0.15, 0.2) is 36.8 Å². The normalized spacial score (nSPS) is 29.6. The largest absolute Gasteiger partial charge is 0.465 e. The topological polar surface area (TPSA) is 78.6 Å². The molecular weight excluding hydrogens is 294 g/mol. The van der Waals surface area contributed by atoms with Crippen molar-refractivity contribution in [1.82, 2.24) is 14.5 Å². The number of aliphatic hydroxyl groups excluding tert-OH is 1. The van der Waals surface area contributed by atoms with Gasteiger partial charge in [0.05, 0.1) is 30.4 Å². The summed E-state index contributed by atoms with van der Waals surface area (Å²) in [6.07, 6.45) is 3.20. The zero-order valence-corrected chi connectivity index (χ0v) is 12.5. The van der Waals surface area contributed by atoms with Gasteiger partial charge in [0, 0.05) is 30.0 Å². The lowest BCUT2D eigenvalue weighted by atomic mass is 9.53. The highest BCUT2D eigenvalue weighted by molar-refractivity contribution is 5.69. The number of aliphatic hydroxyl groups is 1. The van der Waals surface area contributed by atoms with Gasteiger partial charge in [0.2, 0.25) is 0 Å². The van der Waals surface area contributed by atoms with Crippen molar-refractivity contribution < 1.29 is 15.0 Å². The second-order valence-corrected chi connectivity index (χ2v) is 7.03. The van der Waals surface area contributed by atoms with Gasteiger partial charge in [-0.1, -0.05) is 24.3 Å². The van der Waals surface area contributed by atoms with Gasteiger partial charge < -0.3 is 19.7 Å². The fourth-order valence-electron chi connectivity index (χ4n) is 4.75. The van der Waals surface area contributed by atoms with E-state index in [1.165, 1.54) is 16.0 Å². The third kappa shape index (κ3) is 1.51. The maximum Gasteiger partial charge on any atom is 0.407 e. The lowest BCUT2D eigenvalue weighted by Crippen LogP contribution is -2.71. The molecule has 5 rings (SSSR count). The van der Waals surface area contributed by atoms with E-state index in [0.29, 0.717) is 13.1 Å². The summed E-state index contributed by atoms with van der Waals surface area (Å²) in [6.45, 7) is 0.899. The van der Waals surface area contributed by atoms with Gasteiger partial charge in [-0.05, 0) is 12.0 Å². The molecule has 23 heavy (non-hydrogen) atoms. The molecule has 2 aliphatic heterocycles. The summed E-state index contributed by atoms with van der Waals surface area (Å²) in [4.78, 5) is 16.6. The molecule has 3 heterocycles. The van der Waals surface area contributed by atoms with Crippen LogP contribution in [0.2, 0.25) is 0 Å². The Morgan fingerprint density at radius 3 is 2.83 bits per heavy atom. The van der Waals surface area contributed by atoms with Crippen molar-refractivity contribution in [3.05, 3.63) is 42.4 Å². The fourth-order valence-corrected chi connectivity index (χ4v) is 4.75. The van der Waals surface area contributed by atoms with Crippen LogP contribution in [0.25, 0.3) is 11.3 Å². The Morgan fingerprint density at radius 1 is 1.30 bits per heavy atom. The summed E-state index contributed by atoms with van der Waals surface area (Å²) in [7, 11) is 0. The van der Waals surface area contributed by atoms with E-state index in [2.05, 4.69) is 21.7 Å². The number of hydrogen-bond donors (Lipinski definition) is 2. The maximum atomic E-state index is 11.0. The molecule has 1 saturated carbocycles. The van der Waals surface area contributed by atoms with Crippen LogP contribution in [-0.4, -0.2) is 50.0 Å². The molecular formula is C17H17N3O3. The molecule has 0 bridgehead atoms. The van der Waals surface area contributed by atoms with Crippen molar-refractivity contribution >= 4 is 6.09 Å². The average Bonchev–Trinajstić information content (AvgIpc) is 3.06. The van der Waals surface area contributed by atoms with Crippen molar-refractivity contribution in [2.75, 3.05) is 13.1 Å². The average molecular weight is 311 g/mol. The molecule has 6 heteroatoms. The molecule has 2 fully saturated rings. The number of nitrogens with zero attached hydrogens (tertiary/aromatic N) is 3. The summed E-state index contributed by atoms with van der Waals surface area (Å²) in [5.41, 5.74) is 3.28. The molecule has 3 aliphatic rings. The van der Waals surface area contributed by atoms with Gasteiger partial charge >= 0.3 is 6.09 Å². The quantitative estimate of drug-likeness (QED) is 0.842. The van der Waals surface area contributed by atoms with Crippen LogP contribution in [0.5, 0.6) is 0 Å². The highest BCUT2D eigenvalue weighted by Gasteiger charge is 2.63. The number of aromatic nitrogens is 2. The Balaban J connectivity index is 1.45. The number of amides is 1. The first-order valence-corrected chi connectivity index (χ1v) is 7.88. The Kier molecular flexibility index (Phi) is 2.36. The van der Waals surface area contributed by atoms with Crippen molar-refractivity contribution in [2.45, 2.75) is 18.6 Å². The molecule has 118 valence electrons. The molecule has 1 aliphatic carbocycles. The van der Waals surface area contributed by atoms with E-state index in [1.807, 2.05) is 24.7 Å². The van der Waals surface area contributed by atoms with Crippen molar-refractivity contribution in [3.8, 4) is 11.3 Å². The van der Waals surface area contributed by atoms with Gasteiger partial charge in [-0.2, -0.15) is 0 Å². The molecule has 0 radical (unpaired) electrons. The summed E-state index contributed by atoms with van der Waals surface area (Å²) in [5.74, 6) is 0.113. The molecule has 6 nitrogen and oxygen atoms in total. The number of carbonyl (C=O) groups is 1. The number of fused-ring (bicyclic) bond motifs is 3. The zero-order valence-electron chi connectivity index (χ0n) is 12.5. The molecule has 1 aromatic heterocycles. The third-order valence-corrected chi connectivity index (χ3v) is 5.88. The number of benzene rings is 1. The van der Waals surface area contributed by atoms with E-state index >= 15 is 0 Å². The Bertz CT molecular complexity index is 809. The summed E-state index contributed by atoms with van der Waals surface area (Å²) < 4.78 is 2.15. The first-order valence-electron chi connectivity index (χ1n) is 7.88. The van der Waals surface area contributed by atoms with Gasteiger partial charge in [-0.15, -0.1) is 0 Å². The molecule has 0 unspecified atom stereocenters. The second-order valence-electron chi connectivity index (χ2n) is 7.03. The predicted molar refractivity (Wildman–Crippen MR) is 81.9 cm³/mol. The van der Waals surface area contributed by atoms with Gasteiger partial charge in [-0.25, -0.2) is 9.78 Å². The smallest absolute Gasteiger partial charge is 0.407 e. The molecule has 1 spiro atoms. The van der Waals surface area contributed by atoms with E-state index < -0.39 is 12.2 Å². The van der Waals surface area contributed by atoms with E-state index in [4.69, 9.17) is 5.11 Å². The lowest BCUT2D eigenvalue weighted by molar-refractivity contribution is -0.194. The van der Waals surface area contributed by atoms with Crippen LogP contribution >= 0.6 is 0 Å². The summed E-state index contributed by atoms with van der Waals surface area (Å²) in [5, 5.41) is 19.8. The third-order valence-electron chi connectivity index (χ3n) is 5.88. The Hall–Kier alpha value is -2.34. The van der Waals surface area contributed by atoms with Gasteiger partial charge in [0.15, 0.2) is 0 Å². The SMILES string of the molecule is O=C(O)N1CC2(C[C@@H]([C@H]3c4ccccc4-c4cncn43)[C@H]2O)C1. The molecule has 1 saturated heterocycles. The number of imidazole rings is 1. The highest BCUT2D eigenvalue weighted by atomic mass is 16.4. The van der Waals surface area contributed by atoms with Gasteiger partial charge in [-0.3, -0.25) is 0 Å². The van der Waals surface area contributed by atoms with Crippen molar-refractivity contribution in [1.29, 1.82) is 0 Å². The molecule has 1 amide bonds. The molecule has 2 N–H and O–H groups in total. The number of hydrogen-bond acceptors (Lipinski definition) is 3. The van der Waals surface area contributed by atoms with Crippen molar-refractivity contribution in [2.24, 2.45) is 11.3 Å². The van der Waals surface area contributed by atoms with Crippen LogP contribution in [0, 0.1) is 11.3 Å². The van der Waals surface area contributed by atoms with E-state index in [1.54, 1.807) is 0 Å². The second kappa shape index (κ2) is 4.14. The van der Waals surface area contributed by atoms with Crippen LogP contribution in [0.4, 0.5) is 4.79 Å². The van der Waals surface area contributed by atoms with Crippen LogP contribution in [0.1, 0.15) is 18.0 Å². The van der Waals surface area contributed by atoms with Gasteiger partial charge in [0.1, 0.15) is 0 Å². The molecule has 2 aromatic rings. The van der Waals surface area contributed by atoms with Crippen LogP contribution in [0.3, 0.4) is 0 Å². The zero-order chi connectivity index (χ0) is 15.8. The minimum Gasteiger partial charge on any atom is -0.465 e. The lowest BCUT2D eigenvalue weighted by Gasteiger charge is -2.62. The van der Waals surface area contributed by atoms with Crippen LogP contribution < -0.4 is 0 Å². The Labute approximate surface area is 133 Å². The fraction of sp³-hybridized carbons (Fsp3) is 0.412. The monoisotopic (exact) mass is 311 g/mol. The number of rotatable bonds is 1. The first-order chi connectivity index (χ1) is 11.1. The highest BCUT2D eigenvalue weighted by Crippen LogP contribution is 2.59. The minimum absolute atomic E-state index is 0.100.